The molecule has 0 aliphatic heterocycles. The number of hydrogen-bond acceptors (Lipinski definition) is 2. The lowest BCUT2D eigenvalue weighted by molar-refractivity contribution is 0.0119. The molecule has 3 aromatic rings. The van der Waals surface area contributed by atoms with Gasteiger partial charge in [-0.05, 0) is 73.8 Å². The third kappa shape index (κ3) is 6.07. The molecule has 0 atom stereocenters. The smallest absolute Gasteiger partial charge is 0.167 e. The van der Waals surface area contributed by atoms with Gasteiger partial charge in [-0.2, -0.15) is 0 Å². The van der Waals surface area contributed by atoms with E-state index in [9.17, 15) is 13.2 Å². The summed E-state index contributed by atoms with van der Waals surface area (Å²) < 4.78 is 55.1. The van der Waals surface area contributed by atoms with E-state index < -0.39 is 11.6 Å². The number of ether oxygens (including phenoxy) is 2. The average molecular weight is 483 g/mol. The van der Waals surface area contributed by atoms with Crippen molar-refractivity contribution in [3.8, 4) is 16.9 Å². The van der Waals surface area contributed by atoms with E-state index >= 15 is 0 Å². The maximum Gasteiger partial charge on any atom is 0.167 e. The van der Waals surface area contributed by atoms with E-state index in [2.05, 4.69) is 6.92 Å². The fraction of sp³-hybridized carbons (Fsp3) is 0.400. The van der Waals surface area contributed by atoms with Crippen molar-refractivity contribution in [1.82, 2.24) is 0 Å². The summed E-state index contributed by atoms with van der Waals surface area (Å²) in [4.78, 5) is 0. The van der Waals surface area contributed by atoms with Crippen molar-refractivity contribution in [2.75, 3.05) is 6.61 Å². The summed E-state index contributed by atoms with van der Waals surface area (Å²) in [7, 11) is 0. The molecule has 0 heterocycles. The SMILES string of the molecule is CCCc1ccc(-c2ccc(COC3CCC(c4ccc(OCC)c(F)c4)CC3)c(F)c2F)cc1. The molecule has 1 saturated carbocycles. The van der Waals surface area contributed by atoms with Crippen molar-refractivity contribution < 1.29 is 22.6 Å². The van der Waals surface area contributed by atoms with Crippen LogP contribution in [0.3, 0.4) is 0 Å². The highest BCUT2D eigenvalue weighted by atomic mass is 19.2. The normalized spacial score (nSPS) is 18.0. The summed E-state index contributed by atoms with van der Waals surface area (Å²) in [5.74, 6) is -1.48. The lowest BCUT2D eigenvalue weighted by Crippen LogP contribution is -2.21. The summed E-state index contributed by atoms with van der Waals surface area (Å²) >= 11 is 0. The van der Waals surface area contributed by atoms with E-state index in [-0.39, 0.29) is 41.3 Å². The number of halogens is 3. The number of aryl methyl sites for hydroxylation is 1. The van der Waals surface area contributed by atoms with Gasteiger partial charge in [-0.15, -0.1) is 0 Å². The monoisotopic (exact) mass is 482 g/mol. The summed E-state index contributed by atoms with van der Waals surface area (Å²) in [5, 5.41) is 0. The second-order valence-corrected chi connectivity index (χ2v) is 9.25. The Morgan fingerprint density at radius 2 is 1.57 bits per heavy atom. The maximum atomic E-state index is 14.8. The Hall–Kier alpha value is -2.79. The molecule has 0 unspecified atom stereocenters. The van der Waals surface area contributed by atoms with Crippen LogP contribution in [0.15, 0.2) is 54.6 Å². The molecule has 0 amide bonds. The molecule has 1 aliphatic rings. The maximum absolute atomic E-state index is 14.8. The van der Waals surface area contributed by atoms with Gasteiger partial charge in [-0.3, -0.25) is 0 Å². The fourth-order valence-electron chi connectivity index (χ4n) is 4.88. The summed E-state index contributed by atoms with van der Waals surface area (Å²) in [6.45, 7) is 4.40. The zero-order chi connectivity index (χ0) is 24.8. The van der Waals surface area contributed by atoms with Crippen LogP contribution in [0.4, 0.5) is 13.2 Å². The van der Waals surface area contributed by atoms with Crippen LogP contribution in [-0.2, 0) is 17.8 Å². The van der Waals surface area contributed by atoms with Gasteiger partial charge in [0.05, 0.1) is 19.3 Å². The number of benzene rings is 3. The standard InChI is InChI=1S/C30H33F3O2/c1-3-5-20-6-8-22(9-7-20)26-16-12-24(29(32)30(26)33)19-35-25-14-10-21(11-15-25)23-13-17-28(34-4-2)27(31)18-23/h6-9,12-13,16-18,21,25H,3-5,10-11,14-15,19H2,1-2H3. The Labute approximate surface area is 206 Å². The highest BCUT2D eigenvalue weighted by Crippen LogP contribution is 2.36. The predicted octanol–water partition coefficient (Wildman–Crippen LogP) is 8.37. The van der Waals surface area contributed by atoms with E-state index in [1.54, 1.807) is 24.3 Å². The molecule has 2 nitrogen and oxygen atoms in total. The molecular weight excluding hydrogens is 449 g/mol. The molecule has 5 heteroatoms. The van der Waals surface area contributed by atoms with Gasteiger partial charge < -0.3 is 9.47 Å². The molecule has 0 spiro atoms. The van der Waals surface area contributed by atoms with Gasteiger partial charge in [-0.1, -0.05) is 55.8 Å². The first-order valence-electron chi connectivity index (χ1n) is 12.6. The van der Waals surface area contributed by atoms with Crippen molar-refractivity contribution in [3.05, 3.63) is 88.7 Å². The van der Waals surface area contributed by atoms with Crippen molar-refractivity contribution in [3.63, 3.8) is 0 Å². The molecule has 0 radical (unpaired) electrons. The predicted molar refractivity (Wildman–Crippen MR) is 133 cm³/mol. The third-order valence-corrected chi connectivity index (χ3v) is 6.84. The Kier molecular flexibility index (Phi) is 8.50. The van der Waals surface area contributed by atoms with Crippen molar-refractivity contribution >= 4 is 0 Å². The molecule has 1 fully saturated rings. The fourth-order valence-corrected chi connectivity index (χ4v) is 4.88. The van der Waals surface area contributed by atoms with Crippen molar-refractivity contribution in [2.24, 2.45) is 0 Å². The van der Waals surface area contributed by atoms with Gasteiger partial charge in [0.2, 0.25) is 0 Å². The van der Waals surface area contributed by atoms with E-state index in [1.165, 1.54) is 5.56 Å². The van der Waals surface area contributed by atoms with E-state index in [4.69, 9.17) is 9.47 Å². The molecule has 0 bridgehead atoms. The highest BCUT2D eigenvalue weighted by molar-refractivity contribution is 5.65. The first-order chi connectivity index (χ1) is 17.0. The summed E-state index contributed by atoms with van der Waals surface area (Å²) in [6, 6.07) is 16.0. The third-order valence-electron chi connectivity index (χ3n) is 6.84. The minimum atomic E-state index is -0.848. The van der Waals surface area contributed by atoms with Gasteiger partial charge in [0.1, 0.15) is 0 Å². The quantitative estimate of drug-likeness (QED) is 0.305. The van der Waals surface area contributed by atoms with Crippen LogP contribution < -0.4 is 4.74 Å². The van der Waals surface area contributed by atoms with Crippen LogP contribution in [0.2, 0.25) is 0 Å². The van der Waals surface area contributed by atoms with Gasteiger partial charge in [0.25, 0.3) is 0 Å². The minimum Gasteiger partial charge on any atom is -0.491 e. The lowest BCUT2D eigenvalue weighted by Gasteiger charge is -2.29. The second-order valence-electron chi connectivity index (χ2n) is 9.25. The summed E-state index contributed by atoms with van der Waals surface area (Å²) in [5.41, 5.74) is 3.31. The second kappa shape index (κ2) is 11.8. The van der Waals surface area contributed by atoms with E-state index in [0.29, 0.717) is 12.2 Å². The van der Waals surface area contributed by atoms with Crippen LogP contribution in [-0.4, -0.2) is 12.7 Å². The summed E-state index contributed by atoms with van der Waals surface area (Å²) in [6.07, 6.45) is 5.30. The van der Waals surface area contributed by atoms with Gasteiger partial charge >= 0.3 is 0 Å². The van der Waals surface area contributed by atoms with Crippen LogP contribution in [0.5, 0.6) is 5.75 Å². The van der Waals surface area contributed by atoms with Crippen molar-refractivity contribution in [2.45, 2.75) is 71.0 Å². The zero-order valence-electron chi connectivity index (χ0n) is 20.5. The van der Waals surface area contributed by atoms with E-state index in [0.717, 1.165) is 44.1 Å². The average Bonchev–Trinajstić information content (AvgIpc) is 2.87. The molecule has 0 saturated heterocycles. The van der Waals surface area contributed by atoms with Gasteiger partial charge in [0.15, 0.2) is 23.2 Å². The molecule has 4 rings (SSSR count). The lowest BCUT2D eigenvalue weighted by atomic mass is 9.82. The molecule has 0 aromatic heterocycles. The Morgan fingerprint density at radius 3 is 2.23 bits per heavy atom. The van der Waals surface area contributed by atoms with Crippen LogP contribution >= 0.6 is 0 Å². The largest absolute Gasteiger partial charge is 0.491 e. The Morgan fingerprint density at radius 1 is 0.829 bits per heavy atom. The first-order valence-corrected chi connectivity index (χ1v) is 12.6. The molecule has 0 N–H and O–H groups in total. The van der Waals surface area contributed by atoms with Crippen molar-refractivity contribution in [1.29, 1.82) is 0 Å². The zero-order valence-corrected chi connectivity index (χ0v) is 20.5. The Bertz CT molecular complexity index is 1120. The van der Waals surface area contributed by atoms with Crippen LogP contribution in [0, 0.1) is 17.5 Å². The molecular formula is C30H33F3O2. The van der Waals surface area contributed by atoms with Crippen LogP contribution in [0.25, 0.3) is 11.1 Å². The van der Waals surface area contributed by atoms with E-state index in [1.807, 2.05) is 37.3 Å². The molecule has 186 valence electrons. The number of hydrogen-bond donors (Lipinski definition) is 0. The van der Waals surface area contributed by atoms with Crippen LogP contribution in [0.1, 0.15) is 68.6 Å². The minimum absolute atomic E-state index is 0.0213. The number of rotatable bonds is 9. The highest BCUT2D eigenvalue weighted by Gasteiger charge is 2.24. The molecule has 35 heavy (non-hydrogen) atoms. The molecule has 3 aromatic carbocycles. The first kappa shape index (κ1) is 25.3. The topological polar surface area (TPSA) is 18.5 Å². The van der Waals surface area contributed by atoms with Gasteiger partial charge in [0, 0.05) is 11.1 Å². The van der Waals surface area contributed by atoms with Gasteiger partial charge in [-0.25, -0.2) is 13.2 Å². The Balaban J connectivity index is 1.33. The molecule has 1 aliphatic carbocycles.